The van der Waals surface area contributed by atoms with Gasteiger partial charge in [-0.3, -0.25) is 14.4 Å². The third-order valence-electron chi connectivity index (χ3n) is 4.60. The predicted molar refractivity (Wildman–Crippen MR) is 94.4 cm³/mol. The van der Waals surface area contributed by atoms with E-state index in [-0.39, 0.29) is 11.9 Å². The summed E-state index contributed by atoms with van der Waals surface area (Å²) in [6, 6.07) is 10.5. The molecule has 0 unspecified atom stereocenters. The lowest BCUT2D eigenvalue weighted by Crippen LogP contribution is -2.49. The molecule has 3 rings (SSSR count). The first-order chi connectivity index (χ1) is 11.7. The molecule has 1 amide bonds. The lowest BCUT2D eigenvalue weighted by Gasteiger charge is -2.41. The Hall–Kier alpha value is -2.14. The first kappa shape index (κ1) is 16.7. The van der Waals surface area contributed by atoms with E-state index in [1.54, 1.807) is 6.92 Å². The topological polar surface area (TPSA) is 41.4 Å². The van der Waals surface area contributed by atoms with Crippen molar-refractivity contribution in [3.8, 4) is 0 Å². The second-order valence-corrected chi connectivity index (χ2v) is 6.49. The molecule has 1 aromatic heterocycles. The van der Waals surface area contributed by atoms with E-state index in [0.29, 0.717) is 0 Å². The SMILES string of the molecule is CCCn1cc(CN2CCN(C(C)=O)[C@@H](c3ccccc3)C2)cn1. The number of carbonyl (C=O) groups excluding carboxylic acids is 1. The molecule has 5 nitrogen and oxygen atoms in total. The van der Waals surface area contributed by atoms with Gasteiger partial charge in [0.05, 0.1) is 12.2 Å². The van der Waals surface area contributed by atoms with Gasteiger partial charge < -0.3 is 4.90 Å². The number of carbonyl (C=O) groups is 1. The van der Waals surface area contributed by atoms with Crippen LogP contribution < -0.4 is 0 Å². The van der Waals surface area contributed by atoms with Crippen LogP contribution >= 0.6 is 0 Å². The Kier molecular flexibility index (Phi) is 5.30. The van der Waals surface area contributed by atoms with Crippen molar-refractivity contribution < 1.29 is 4.79 Å². The van der Waals surface area contributed by atoms with Crippen molar-refractivity contribution >= 4 is 5.91 Å². The van der Waals surface area contributed by atoms with Crippen molar-refractivity contribution in [1.29, 1.82) is 0 Å². The van der Waals surface area contributed by atoms with Crippen LogP contribution in [0.3, 0.4) is 0 Å². The van der Waals surface area contributed by atoms with E-state index in [1.807, 2.05) is 34.0 Å². The summed E-state index contributed by atoms with van der Waals surface area (Å²) in [6.07, 6.45) is 5.19. The number of rotatable bonds is 5. The molecule has 2 heterocycles. The molecule has 0 aliphatic carbocycles. The van der Waals surface area contributed by atoms with Crippen LogP contribution in [0.2, 0.25) is 0 Å². The van der Waals surface area contributed by atoms with Crippen molar-refractivity contribution in [2.45, 2.75) is 39.4 Å². The average molecular weight is 326 g/mol. The second kappa shape index (κ2) is 7.62. The third-order valence-corrected chi connectivity index (χ3v) is 4.60. The Morgan fingerprint density at radius 1 is 1.25 bits per heavy atom. The number of aromatic nitrogens is 2. The van der Waals surface area contributed by atoms with Gasteiger partial charge in [-0.15, -0.1) is 0 Å². The monoisotopic (exact) mass is 326 g/mol. The maximum Gasteiger partial charge on any atom is 0.220 e. The molecule has 1 aromatic carbocycles. The minimum atomic E-state index is 0.128. The van der Waals surface area contributed by atoms with Crippen LogP contribution in [0.4, 0.5) is 0 Å². The summed E-state index contributed by atoms with van der Waals surface area (Å²) < 4.78 is 2.01. The highest BCUT2D eigenvalue weighted by atomic mass is 16.2. The third kappa shape index (κ3) is 3.85. The molecule has 128 valence electrons. The van der Waals surface area contributed by atoms with Crippen molar-refractivity contribution in [3.05, 3.63) is 53.9 Å². The van der Waals surface area contributed by atoms with Crippen LogP contribution in [0.5, 0.6) is 0 Å². The standard InChI is InChI=1S/C19H26N4O/c1-3-9-22-14-17(12-20-22)13-21-10-11-23(16(2)24)19(15-21)18-7-5-4-6-8-18/h4-8,12,14,19H,3,9-11,13,15H2,1-2H3/t19-/m1/s1. The van der Waals surface area contributed by atoms with Crippen LogP contribution in [0.15, 0.2) is 42.7 Å². The normalized spacial score (nSPS) is 18.8. The second-order valence-electron chi connectivity index (χ2n) is 6.49. The number of hydrogen-bond donors (Lipinski definition) is 0. The highest BCUT2D eigenvalue weighted by Crippen LogP contribution is 2.26. The van der Waals surface area contributed by atoms with Gasteiger partial charge in [0.15, 0.2) is 0 Å². The van der Waals surface area contributed by atoms with Gasteiger partial charge in [-0.05, 0) is 12.0 Å². The van der Waals surface area contributed by atoms with Crippen LogP contribution in [-0.2, 0) is 17.9 Å². The Morgan fingerprint density at radius 2 is 2.04 bits per heavy atom. The molecule has 0 radical (unpaired) electrons. The number of hydrogen-bond acceptors (Lipinski definition) is 3. The first-order valence-electron chi connectivity index (χ1n) is 8.73. The van der Waals surface area contributed by atoms with Gasteiger partial charge >= 0.3 is 0 Å². The zero-order valence-corrected chi connectivity index (χ0v) is 14.6. The van der Waals surface area contributed by atoms with Crippen molar-refractivity contribution in [2.24, 2.45) is 0 Å². The van der Waals surface area contributed by atoms with Crippen molar-refractivity contribution in [3.63, 3.8) is 0 Å². The molecule has 24 heavy (non-hydrogen) atoms. The highest BCUT2D eigenvalue weighted by Gasteiger charge is 2.29. The smallest absolute Gasteiger partial charge is 0.220 e. The van der Waals surface area contributed by atoms with Gasteiger partial charge in [0.25, 0.3) is 0 Å². The molecule has 0 bridgehead atoms. The summed E-state index contributed by atoms with van der Waals surface area (Å²) >= 11 is 0. The summed E-state index contributed by atoms with van der Waals surface area (Å²) in [6.45, 7) is 8.22. The largest absolute Gasteiger partial charge is 0.333 e. The van der Waals surface area contributed by atoms with Gasteiger partial charge in [0, 0.05) is 51.4 Å². The van der Waals surface area contributed by atoms with E-state index >= 15 is 0 Å². The van der Waals surface area contributed by atoms with Gasteiger partial charge in [-0.25, -0.2) is 0 Å². The molecule has 1 aliphatic heterocycles. The molecule has 1 fully saturated rings. The molecular weight excluding hydrogens is 300 g/mol. The van der Waals surface area contributed by atoms with Gasteiger partial charge in [-0.1, -0.05) is 37.3 Å². The molecule has 5 heteroatoms. The van der Waals surface area contributed by atoms with Crippen LogP contribution in [0, 0.1) is 0 Å². The van der Waals surface area contributed by atoms with Crippen molar-refractivity contribution in [2.75, 3.05) is 19.6 Å². The summed E-state index contributed by atoms with van der Waals surface area (Å²) in [5.74, 6) is 0.152. The number of aryl methyl sites for hydroxylation is 1. The minimum absolute atomic E-state index is 0.128. The molecule has 1 aliphatic rings. The molecule has 2 aromatic rings. The zero-order chi connectivity index (χ0) is 16.9. The van der Waals surface area contributed by atoms with E-state index in [4.69, 9.17) is 0 Å². The molecule has 0 spiro atoms. The maximum atomic E-state index is 12.0. The first-order valence-corrected chi connectivity index (χ1v) is 8.73. The van der Waals surface area contributed by atoms with Gasteiger partial charge in [0.2, 0.25) is 5.91 Å². The van der Waals surface area contributed by atoms with Gasteiger partial charge in [0.1, 0.15) is 0 Å². The molecule has 0 saturated carbocycles. The Labute approximate surface area is 143 Å². The van der Waals surface area contributed by atoms with Crippen LogP contribution in [-0.4, -0.2) is 45.1 Å². The predicted octanol–water partition coefficient (Wildman–Crippen LogP) is 2.70. The maximum absolute atomic E-state index is 12.0. The fraction of sp³-hybridized carbons (Fsp3) is 0.474. The van der Waals surface area contributed by atoms with E-state index < -0.39 is 0 Å². The number of nitrogens with zero attached hydrogens (tertiary/aromatic N) is 4. The Bertz CT molecular complexity index is 667. The fourth-order valence-corrected chi connectivity index (χ4v) is 3.42. The minimum Gasteiger partial charge on any atom is -0.333 e. The van der Waals surface area contributed by atoms with E-state index in [1.165, 1.54) is 11.1 Å². The van der Waals surface area contributed by atoms with Gasteiger partial charge in [-0.2, -0.15) is 5.10 Å². The summed E-state index contributed by atoms with van der Waals surface area (Å²) in [5, 5.41) is 4.42. The van der Waals surface area contributed by atoms with Crippen LogP contribution in [0.1, 0.15) is 37.4 Å². The zero-order valence-electron chi connectivity index (χ0n) is 14.6. The van der Waals surface area contributed by atoms with E-state index in [9.17, 15) is 4.79 Å². The summed E-state index contributed by atoms with van der Waals surface area (Å²) in [4.78, 5) is 16.4. The summed E-state index contributed by atoms with van der Waals surface area (Å²) in [5.41, 5.74) is 2.45. The number of piperazine rings is 1. The molecule has 1 saturated heterocycles. The van der Waals surface area contributed by atoms with E-state index in [0.717, 1.165) is 39.1 Å². The summed E-state index contributed by atoms with van der Waals surface area (Å²) in [7, 11) is 0. The average Bonchev–Trinajstić information content (AvgIpc) is 3.03. The molecule has 0 N–H and O–H groups in total. The number of amides is 1. The lowest BCUT2D eigenvalue weighted by molar-refractivity contribution is -0.134. The van der Waals surface area contributed by atoms with Crippen LogP contribution in [0.25, 0.3) is 0 Å². The molecule has 1 atom stereocenters. The highest BCUT2D eigenvalue weighted by molar-refractivity contribution is 5.74. The Morgan fingerprint density at radius 3 is 2.75 bits per heavy atom. The lowest BCUT2D eigenvalue weighted by atomic mass is 10.0. The van der Waals surface area contributed by atoms with Crippen molar-refractivity contribution in [1.82, 2.24) is 19.6 Å². The van der Waals surface area contributed by atoms with E-state index in [2.05, 4.69) is 35.3 Å². The molecular formula is C19H26N4O. The Balaban J connectivity index is 1.71. The number of benzene rings is 1. The fourth-order valence-electron chi connectivity index (χ4n) is 3.42. The quantitative estimate of drug-likeness (QED) is 0.848.